The summed E-state index contributed by atoms with van der Waals surface area (Å²) in [6.45, 7) is 1.48. The van der Waals surface area contributed by atoms with Crippen LogP contribution in [0.2, 0.25) is 0 Å². The van der Waals surface area contributed by atoms with E-state index >= 15 is 0 Å². The van der Waals surface area contributed by atoms with Crippen molar-refractivity contribution in [1.29, 1.82) is 0 Å². The minimum atomic E-state index is -3.06. The van der Waals surface area contributed by atoms with E-state index in [9.17, 15) is 13.2 Å². The van der Waals surface area contributed by atoms with Gasteiger partial charge in [-0.15, -0.1) is 0 Å². The molecule has 1 saturated carbocycles. The number of hydrogen-bond donors (Lipinski definition) is 1. The van der Waals surface area contributed by atoms with E-state index in [0.29, 0.717) is 26.1 Å². The Balaban J connectivity index is 1.60. The molecule has 2 saturated heterocycles. The lowest BCUT2D eigenvalue weighted by Gasteiger charge is -2.43. The van der Waals surface area contributed by atoms with Crippen molar-refractivity contribution in [2.75, 3.05) is 19.6 Å². The minimum Gasteiger partial charge on any atom is -0.335 e. The van der Waals surface area contributed by atoms with Crippen molar-refractivity contribution in [1.82, 2.24) is 9.21 Å². The molecule has 0 radical (unpaired) electrons. The lowest BCUT2D eigenvalue weighted by molar-refractivity contribution is -0.131. The summed E-state index contributed by atoms with van der Waals surface area (Å²) in [4.78, 5) is 13.3. The molecule has 96 valence electrons. The van der Waals surface area contributed by atoms with Gasteiger partial charge < -0.3 is 10.6 Å². The first kappa shape index (κ1) is 11.4. The largest absolute Gasteiger partial charge is 0.335 e. The SMILES string of the molecule is NC1CC(=O)N(C2CN(S(=O)(=O)C3CC3)C2)C1. The standard InChI is InChI=1S/C10H17N3O3S/c11-7-3-10(14)13(4-7)8-5-12(6-8)17(15,16)9-1-2-9/h7-9H,1-6,11H2. The van der Waals surface area contributed by atoms with Gasteiger partial charge >= 0.3 is 0 Å². The topological polar surface area (TPSA) is 83.7 Å². The van der Waals surface area contributed by atoms with Crippen LogP contribution in [-0.2, 0) is 14.8 Å². The highest BCUT2D eigenvalue weighted by molar-refractivity contribution is 7.90. The van der Waals surface area contributed by atoms with E-state index < -0.39 is 10.0 Å². The predicted octanol–water partition coefficient (Wildman–Crippen LogP) is -1.28. The molecule has 0 aromatic rings. The molecule has 1 amide bonds. The van der Waals surface area contributed by atoms with Crippen LogP contribution in [0.5, 0.6) is 0 Å². The lowest BCUT2D eigenvalue weighted by atomic mass is 10.1. The molecule has 0 aromatic carbocycles. The van der Waals surface area contributed by atoms with Crippen LogP contribution in [-0.4, -0.2) is 60.5 Å². The second kappa shape index (κ2) is 3.66. The van der Waals surface area contributed by atoms with Crippen LogP contribution in [0.3, 0.4) is 0 Å². The van der Waals surface area contributed by atoms with Gasteiger partial charge in [-0.05, 0) is 12.8 Å². The third-order valence-electron chi connectivity index (χ3n) is 3.76. The van der Waals surface area contributed by atoms with Gasteiger partial charge in [0.05, 0.1) is 11.3 Å². The van der Waals surface area contributed by atoms with Crippen molar-refractivity contribution in [2.24, 2.45) is 5.73 Å². The van der Waals surface area contributed by atoms with Gasteiger partial charge in [-0.1, -0.05) is 0 Å². The second-order valence-corrected chi connectivity index (χ2v) is 7.44. The van der Waals surface area contributed by atoms with Crippen LogP contribution in [0.15, 0.2) is 0 Å². The van der Waals surface area contributed by atoms with Crippen LogP contribution >= 0.6 is 0 Å². The average molecular weight is 259 g/mol. The van der Waals surface area contributed by atoms with Crippen LogP contribution < -0.4 is 5.73 Å². The minimum absolute atomic E-state index is 0.0459. The first-order chi connectivity index (χ1) is 7.98. The number of carbonyl (C=O) groups is 1. The highest BCUT2D eigenvalue weighted by Gasteiger charge is 2.48. The van der Waals surface area contributed by atoms with Crippen LogP contribution in [0, 0.1) is 0 Å². The summed E-state index contributed by atoms with van der Waals surface area (Å²) < 4.78 is 25.3. The number of rotatable bonds is 3. The molecular formula is C10H17N3O3S. The maximum Gasteiger partial charge on any atom is 0.224 e. The fourth-order valence-electron chi connectivity index (χ4n) is 2.51. The maximum atomic E-state index is 11.9. The molecule has 3 aliphatic rings. The van der Waals surface area contributed by atoms with E-state index in [1.54, 1.807) is 4.90 Å². The summed E-state index contributed by atoms with van der Waals surface area (Å²) in [7, 11) is -3.06. The van der Waals surface area contributed by atoms with Crippen molar-refractivity contribution < 1.29 is 13.2 Å². The highest BCUT2D eigenvalue weighted by Crippen LogP contribution is 2.34. The Bertz CT molecular complexity index is 440. The van der Waals surface area contributed by atoms with Gasteiger partial charge in [-0.2, -0.15) is 4.31 Å². The molecule has 1 aliphatic carbocycles. The molecule has 2 N–H and O–H groups in total. The Kier molecular flexibility index (Phi) is 2.46. The van der Waals surface area contributed by atoms with Crippen molar-refractivity contribution >= 4 is 15.9 Å². The number of nitrogens with two attached hydrogens (primary N) is 1. The molecule has 2 heterocycles. The van der Waals surface area contributed by atoms with E-state index in [0.717, 1.165) is 12.8 Å². The van der Waals surface area contributed by atoms with E-state index in [4.69, 9.17) is 5.73 Å². The molecule has 0 spiro atoms. The second-order valence-electron chi connectivity index (χ2n) is 5.23. The zero-order valence-corrected chi connectivity index (χ0v) is 10.4. The fraction of sp³-hybridized carbons (Fsp3) is 0.900. The first-order valence-electron chi connectivity index (χ1n) is 6.02. The van der Waals surface area contributed by atoms with E-state index in [1.165, 1.54) is 4.31 Å². The fourth-order valence-corrected chi connectivity index (χ4v) is 4.42. The van der Waals surface area contributed by atoms with Gasteiger partial charge in [0.25, 0.3) is 0 Å². The molecular weight excluding hydrogens is 242 g/mol. The summed E-state index contributed by atoms with van der Waals surface area (Å²) >= 11 is 0. The summed E-state index contributed by atoms with van der Waals surface area (Å²) in [6.07, 6.45) is 1.97. The van der Waals surface area contributed by atoms with Gasteiger partial charge in [0.2, 0.25) is 15.9 Å². The third kappa shape index (κ3) is 1.86. The predicted molar refractivity (Wildman–Crippen MR) is 61.6 cm³/mol. The van der Waals surface area contributed by atoms with Crippen LogP contribution in [0.4, 0.5) is 0 Å². The monoisotopic (exact) mass is 259 g/mol. The van der Waals surface area contributed by atoms with Crippen molar-refractivity contribution in [2.45, 2.75) is 36.6 Å². The zero-order chi connectivity index (χ0) is 12.2. The molecule has 2 aliphatic heterocycles. The Labute approximate surface area is 101 Å². The number of likely N-dealkylation sites (tertiary alicyclic amines) is 1. The van der Waals surface area contributed by atoms with Crippen LogP contribution in [0.25, 0.3) is 0 Å². The number of sulfonamides is 1. The summed E-state index contributed by atoms with van der Waals surface area (Å²) in [6, 6.07) is -0.0406. The van der Waals surface area contributed by atoms with Crippen molar-refractivity contribution in [3.05, 3.63) is 0 Å². The van der Waals surface area contributed by atoms with Gasteiger partial charge in [-0.25, -0.2) is 8.42 Å². The molecule has 0 bridgehead atoms. The molecule has 3 fully saturated rings. The smallest absolute Gasteiger partial charge is 0.224 e. The van der Waals surface area contributed by atoms with Crippen molar-refractivity contribution in [3.63, 3.8) is 0 Å². The molecule has 1 atom stereocenters. The normalized spacial score (nSPS) is 31.9. The van der Waals surface area contributed by atoms with Crippen molar-refractivity contribution in [3.8, 4) is 0 Å². The molecule has 3 rings (SSSR count). The van der Waals surface area contributed by atoms with E-state index in [2.05, 4.69) is 0 Å². The van der Waals surface area contributed by atoms with Gasteiger partial charge in [-0.3, -0.25) is 4.79 Å². The Morgan fingerprint density at radius 1 is 1.18 bits per heavy atom. The molecule has 6 nitrogen and oxygen atoms in total. The number of carbonyl (C=O) groups excluding carboxylic acids is 1. The molecule has 17 heavy (non-hydrogen) atoms. The Morgan fingerprint density at radius 3 is 2.29 bits per heavy atom. The van der Waals surface area contributed by atoms with Gasteiger partial charge in [0.1, 0.15) is 0 Å². The quantitative estimate of drug-likeness (QED) is 0.684. The van der Waals surface area contributed by atoms with Gasteiger partial charge in [0, 0.05) is 32.1 Å². The molecule has 7 heteroatoms. The third-order valence-corrected chi connectivity index (χ3v) is 6.10. The van der Waals surface area contributed by atoms with Crippen LogP contribution in [0.1, 0.15) is 19.3 Å². The van der Waals surface area contributed by atoms with Gasteiger partial charge in [0.15, 0.2) is 0 Å². The Hall–Kier alpha value is -0.660. The average Bonchev–Trinajstić information content (AvgIpc) is 2.92. The summed E-state index contributed by atoms with van der Waals surface area (Å²) in [5.74, 6) is 0.0611. The molecule has 0 aromatic heterocycles. The lowest BCUT2D eigenvalue weighted by Crippen LogP contribution is -2.62. The number of amides is 1. The Morgan fingerprint density at radius 2 is 1.82 bits per heavy atom. The first-order valence-corrected chi connectivity index (χ1v) is 7.53. The zero-order valence-electron chi connectivity index (χ0n) is 9.58. The maximum absolute atomic E-state index is 11.9. The molecule has 1 unspecified atom stereocenters. The summed E-state index contributed by atoms with van der Waals surface area (Å²) in [5, 5.41) is -0.153. The number of hydrogen-bond acceptors (Lipinski definition) is 4. The number of nitrogens with zero attached hydrogens (tertiary/aromatic N) is 2. The van der Waals surface area contributed by atoms with E-state index in [1.807, 2.05) is 0 Å². The van der Waals surface area contributed by atoms with E-state index in [-0.39, 0.29) is 23.2 Å². The highest BCUT2D eigenvalue weighted by atomic mass is 32.2. The summed E-state index contributed by atoms with van der Waals surface area (Å²) in [5.41, 5.74) is 5.72.